The molecule has 1 amide bonds. The third-order valence-electron chi connectivity index (χ3n) is 3.66. The van der Waals surface area contributed by atoms with Gasteiger partial charge in [0.05, 0.1) is 17.2 Å². The van der Waals surface area contributed by atoms with Gasteiger partial charge in [0.25, 0.3) is 5.91 Å². The van der Waals surface area contributed by atoms with Crippen molar-refractivity contribution in [3.05, 3.63) is 28.2 Å². The van der Waals surface area contributed by atoms with Crippen LogP contribution in [0.2, 0.25) is 0 Å². The number of benzene rings is 1. The zero-order valence-electron chi connectivity index (χ0n) is 13.2. The second-order valence-electron chi connectivity index (χ2n) is 6.02. The molecule has 22 heavy (non-hydrogen) atoms. The Kier molecular flexibility index (Phi) is 6.70. The first-order valence-corrected chi connectivity index (χ1v) is 8.67. The second kappa shape index (κ2) is 8.53. The number of hydrogen-bond acceptors (Lipinski definition) is 3. The SMILES string of the molecule is CC(C)CCOc1ccc(C(=O)NCC2CCCO2)cc1Br. The Labute approximate surface area is 140 Å². The summed E-state index contributed by atoms with van der Waals surface area (Å²) in [4.78, 5) is 12.1. The summed E-state index contributed by atoms with van der Waals surface area (Å²) in [6.07, 6.45) is 3.27. The molecular weight excluding hydrogens is 346 g/mol. The van der Waals surface area contributed by atoms with Crippen LogP contribution in [-0.2, 0) is 4.74 Å². The van der Waals surface area contributed by atoms with Crippen LogP contribution in [0.3, 0.4) is 0 Å². The number of halogens is 1. The van der Waals surface area contributed by atoms with E-state index in [1.165, 1.54) is 0 Å². The Morgan fingerprint density at radius 2 is 2.32 bits per heavy atom. The summed E-state index contributed by atoms with van der Waals surface area (Å²) in [5, 5.41) is 2.92. The van der Waals surface area contributed by atoms with Gasteiger partial charge in [-0.15, -0.1) is 0 Å². The molecule has 0 aliphatic carbocycles. The molecule has 1 unspecified atom stereocenters. The Bertz CT molecular complexity index is 499. The minimum absolute atomic E-state index is 0.0788. The van der Waals surface area contributed by atoms with E-state index in [4.69, 9.17) is 9.47 Å². The number of carbonyl (C=O) groups excluding carboxylic acids is 1. The van der Waals surface area contributed by atoms with Crippen LogP contribution in [0.5, 0.6) is 5.75 Å². The lowest BCUT2D eigenvalue weighted by Crippen LogP contribution is -2.31. The fraction of sp³-hybridized carbons (Fsp3) is 0.588. The maximum Gasteiger partial charge on any atom is 0.251 e. The lowest BCUT2D eigenvalue weighted by atomic mass is 10.1. The Morgan fingerprint density at radius 1 is 1.50 bits per heavy atom. The van der Waals surface area contributed by atoms with E-state index in [9.17, 15) is 4.79 Å². The van der Waals surface area contributed by atoms with Crippen molar-refractivity contribution < 1.29 is 14.3 Å². The molecule has 1 aromatic carbocycles. The van der Waals surface area contributed by atoms with Gasteiger partial charge in [0.1, 0.15) is 5.75 Å². The minimum Gasteiger partial charge on any atom is -0.492 e. The van der Waals surface area contributed by atoms with Gasteiger partial charge in [-0.2, -0.15) is 0 Å². The molecule has 1 aliphatic heterocycles. The van der Waals surface area contributed by atoms with Crippen molar-refractivity contribution >= 4 is 21.8 Å². The molecule has 0 radical (unpaired) electrons. The molecule has 5 heteroatoms. The highest BCUT2D eigenvalue weighted by Gasteiger charge is 2.17. The van der Waals surface area contributed by atoms with Crippen LogP contribution < -0.4 is 10.1 Å². The molecule has 1 aromatic rings. The van der Waals surface area contributed by atoms with E-state index in [0.29, 0.717) is 24.6 Å². The molecule has 0 aromatic heterocycles. The van der Waals surface area contributed by atoms with Crippen molar-refractivity contribution in [3.8, 4) is 5.75 Å². The third kappa shape index (κ3) is 5.29. The van der Waals surface area contributed by atoms with Gasteiger partial charge in [-0.25, -0.2) is 0 Å². The van der Waals surface area contributed by atoms with Crippen molar-refractivity contribution in [2.75, 3.05) is 19.8 Å². The summed E-state index contributed by atoms with van der Waals surface area (Å²) in [6.45, 7) is 6.39. The molecular formula is C17H24BrNO3. The number of ether oxygens (including phenoxy) is 2. The quantitative estimate of drug-likeness (QED) is 0.795. The van der Waals surface area contributed by atoms with Crippen LogP contribution in [0.1, 0.15) is 43.5 Å². The van der Waals surface area contributed by atoms with Crippen molar-refractivity contribution in [1.82, 2.24) is 5.32 Å². The van der Waals surface area contributed by atoms with Crippen LogP contribution >= 0.6 is 15.9 Å². The van der Waals surface area contributed by atoms with E-state index >= 15 is 0 Å². The molecule has 2 rings (SSSR count). The number of hydrogen-bond donors (Lipinski definition) is 1. The first-order valence-electron chi connectivity index (χ1n) is 7.88. The van der Waals surface area contributed by atoms with Gasteiger partial charge in [0.15, 0.2) is 0 Å². The molecule has 0 bridgehead atoms. The molecule has 0 saturated carbocycles. The Morgan fingerprint density at radius 3 is 2.95 bits per heavy atom. The van der Waals surface area contributed by atoms with Crippen molar-refractivity contribution in [1.29, 1.82) is 0 Å². The summed E-state index contributed by atoms with van der Waals surface area (Å²) < 4.78 is 12.0. The third-order valence-corrected chi connectivity index (χ3v) is 4.28. The monoisotopic (exact) mass is 369 g/mol. The molecule has 1 saturated heterocycles. The van der Waals surface area contributed by atoms with Crippen LogP contribution in [0.25, 0.3) is 0 Å². The highest BCUT2D eigenvalue weighted by molar-refractivity contribution is 9.10. The van der Waals surface area contributed by atoms with Gasteiger partial charge in [0.2, 0.25) is 0 Å². The largest absolute Gasteiger partial charge is 0.492 e. The topological polar surface area (TPSA) is 47.6 Å². The molecule has 4 nitrogen and oxygen atoms in total. The minimum atomic E-state index is -0.0788. The predicted molar refractivity (Wildman–Crippen MR) is 90.4 cm³/mol. The molecule has 1 atom stereocenters. The highest BCUT2D eigenvalue weighted by Crippen LogP contribution is 2.26. The van der Waals surface area contributed by atoms with Crippen LogP contribution in [0.4, 0.5) is 0 Å². The summed E-state index contributed by atoms with van der Waals surface area (Å²) in [6, 6.07) is 5.43. The average molecular weight is 370 g/mol. The molecule has 122 valence electrons. The van der Waals surface area contributed by atoms with Crippen molar-refractivity contribution in [2.45, 2.75) is 39.2 Å². The van der Waals surface area contributed by atoms with Gasteiger partial charge in [-0.3, -0.25) is 4.79 Å². The van der Waals surface area contributed by atoms with Gasteiger partial charge in [0, 0.05) is 18.7 Å². The van der Waals surface area contributed by atoms with E-state index in [-0.39, 0.29) is 12.0 Å². The van der Waals surface area contributed by atoms with E-state index in [2.05, 4.69) is 35.1 Å². The van der Waals surface area contributed by atoms with Crippen molar-refractivity contribution in [2.24, 2.45) is 5.92 Å². The first kappa shape index (κ1) is 17.3. The average Bonchev–Trinajstić information content (AvgIpc) is 2.99. The molecule has 1 heterocycles. The van der Waals surface area contributed by atoms with Gasteiger partial charge < -0.3 is 14.8 Å². The molecule has 1 N–H and O–H groups in total. The van der Waals surface area contributed by atoms with E-state index in [1.807, 2.05) is 6.07 Å². The second-order valence-corrected chi connectivity index (χ2v) is 6.88. The van der Waals surface area contributed by atoms with E-state index in [0.717, 1.165) is 36.1 Å². The zero-order chi connectivity index (χ0) is 15.9. The normalized spacial score (nSPS) is 17.7. The fourth-order valence-electron chi connectivity index (χ4n) is 2.28. The Hall–Kier alpha value is -1.07. The standard InChI is InChI=1S/C17H24BrNO3/c1-12(2)7-9-22-16-6-5-13(10-15(16)18)17(20)19-11-14-4-3-8-21-14/h5-6,10,12,14H,3-4,7-9,11H2,1-2H3,(H,19,20). The summed E-state index contributed by atoms with van der Waals surface area (Å²) in [5.74, 6) is 1.31. The number of nitrogens with one attached hydrogen (secondary N) is 1. The molecule has 1 fully saturated rings. The van der Waals surface area contributed by atoms with E-state index < -0.39 is 0 Å². The molecule has 1 aliphatic rings. The smallest absolute Gasteiger partial charge is 0.251 e. The molecule has 0 spiro atoms. The van der Waals surface area contributed by atoms with Crippen LogP contribution in [0.15, 0.2) is 22.7 Å². The Balaban J connectivity index is 1.85. The van der Waals surface area contributed by atoms with Gasteiger partial charge in [-0.1, -0.05) is 13.8 Å². The highest BCUT2D eigenvalue weighted by atomic mass is 79.9. The lowest BCUT2D eigenvalue weighted by molar-refractivity contribution is 0.0857. The number of rotatable bonds is 7. The number of carbonyl (C=O) groups is 1. The van der Waals surface area contributed by atoms with Crippen LogP contribution in [0, 0.1) is 5.92 Å². The van der Waals surface area contributed by atoms with Gasteiger partial charge >= 0.3 is 0 Å². The summed E-state index contributed by atoms with van der Waals surface area (Å²) in [5.41, 5.74) is 0.626. The predicted octanol–water partition coefficient (Wildman–Crippen LogP) is 3.78. The van der Waals surface area contributed by atoms with Crippen molar-refractivity contribution in [3.63, 3.8) is 0 Å². The lowest BCUT2D eigenvalue weighted by Gasteiger charge is -2.13. The van der Waals surface area contributed by atoms with Gasteiger partial charge in [-0.05, 0) is 59.3 Å². The maximum absolute atomic E-state index is 12.1. The van der Waals surface area contributed by atoms with E-state index in [1.54, 1.807) is 12.1 Å². The zero-order valence-corrected chi connectivity index (χ0v) is 14.8. The fourth-order valence-corrected chi connectivity index (χ4v) is 2.77. The maximum atomic E-state index is 12.1. The summed E-state index contributed by atoms with van der Waals surface area (Å²) >= 11 is 3.47. The number of amides is 1. The summed E-state index contributed by atoms with van der Waals surface area (Å²) in [7, 11) is 0. The first-order chi connectivity index (χ1) is 10.6. The van der Waals surface area contributed by atoms with Crippen LogP contribution in [-0.4, -0.2) is 31.8 Å².